The number of hydrogen-bond donors (Lipinski definition) is 3. The lowest BCUT2D eigenvalue weighted by Crippen LogP contribution is -2.38. The van der Waals surface area contributed by atoms with Crippen LogP contribution in [0.3, 0.4) is 0 Å². The summed E-state index contributed by atoms with van der Waals surface area (Å²) in [6.07, 6.45) is 0. The lowest BCUT2D eigenvalue weighted by molar-refractivity contribution is 0.174. The Morgan fingerprint density at radius 2 is 1.97 bits per heavy atom. The van der Waals surface area contributed by atoms with Crippen LogP contribution in [0, 0.1) is 13.8 Å². The number of aromatic amines is 1. The van der Waals surface area contributed by atoms with Gasteiger partial charge in [0.25, 0.3) is 5.56 Å². The Morgan fingerprint density at radius 3 is 2.70 bits per heavy atom. The van der Waals surface area contributed by atoms with Crippen LogP contribution in [0.1, 0.15) is 16.7 Å². The molecule has 4 rings (SSSR count). The molecule has 3 N–H and O–H groups in total. The molecule has 0 saturated heterocycles. The van der Waals surface area contributed by atoms with E-state index in [1.54, 1.807) is 11.0 Å². The second kappa shape index (κ2) is 8.33. The van der Waals surface area contributed by atoms with E-state index >= 15 is 0 Å². The summed E-state index contributed by atoms with van der Waals surface area (Å²) in [7, 11) is 0. The van der Waals surface area contributed by atoms with Crippen LogP contribution in [0.15, 0.2) is 41.2 Å². The van der Waals surface area contributed by atoms with Gasteiger partial charge in [-0.3, -0.25) is 4.79 Å². The highest BCUT2D eigenvalue weighted by atomic mass is 32.1. The Kier molecular flexibility index (Phi) is 5.61. The van der Waals surface area contributed by atoms with Crippen molar-refractivity contribution in [2.24, 2.45) is 0 Å². The average Bonchev–Trinajstić information content (AvgIpc) is 3.15. The van der Waals surface area contributed by atoms with Gasteiger partial charge in [-0.2, -0.15) is 0 Å². The van der Waals surface area contributed by atoms with Gasteiger partial charge in [0, 0.05) is 29.2 Å². The summed E-state index contributed by atoms with van der Waals surface area (Å²) in [6, 6.07) is 11.5. The number of rotatable bonds is 5. The van der Waals surface area contributed by atoms with Crippen LogP contribution in [0.4, 0.5) is 5.69 Å². The van der Waals surface area contributed by atoms with Gasteiger partial charge in [0.05, 0.1) is 18.7 Å². The summed E-state index contributed by atoms with van der Waals surface area (Å²) in [5, 5.41) is 14.0. The third kappa shape index (κ3) is 4.10. The van der Waals surface area contributed by atoms with E-state index in [4.69, 9.17) is 21.7 Å². The van der Waals surface area contributed by atoms with Crippen LogP contribution in [0.2, 0.25) is 0 Å². The molecule has 0 spiro atoms. The van der Waals surface area contributed by atoms with Crippen LogP contribution in [0.25, 0.3) is 10.9 Å². The van der Waals surface area contributed by atoms with Gasteiger partial charge in [0.2, 0.25) is 6.79 Å². The number of nitrogens with zero attached hydrogens (tertiary/aromatic N) is 1. The van der Waals surface area contributed by atoms with Crippen molar-refractivity contribution >= 4 is 33.9 Å². The number of nitrogens with one attached hydrogen (secondary N) is 2. The third-order valence-electron chi connectivity index (χ3n) is 5.06. The van der Waals surface area contributed by atoms with Gasteiger partial charge in [-0.25, -0.2) is 0 Å². The second-order valence-corrected chi connectivity index (χ2v) is 7.70. The van der Waals surface area contributed by atoms with Gasteiger partial charge < -0.3 is 29.8 Å². The zero-order valence-electron chi connectivity index (χ0n) is 16.8. The molecular formula is C22H23N3O4S. The highest BCUT2D eigenvalue weighted by Crippen LogP contribution is 2.35. The molecule has 2 aromatic carbocycles. The standard InChI is InChI=1S/C22H23N3O4S/c1-13-3-4-17(14(2)7-13)24-22(30)25(5-6-26)11-16-8-15-9-19-20(29-12-28-19)10-18(15)23-21(16)27/h3-4,7-10,26H,5-6,11-12H2,1-2H3,(H,23,27)(H,24,30). The fraction of sp³-hybridized carbons (Fsp3) is 0.273. The number of anilines is 1. The largest absolute Gasteiger partial charge is 0.454 e. The predicted octanol–water partition coefficient (Wildman–Crippen LogP) is 3.06. The second-order valence-electron chi connectivity index (χ2n) is 7.31. The fourth-order valence-electron chi connectivity index (χ4n) is 3.49. The van der Waals surface area contributed by atoms with Crippen molar-refractivity contribution in [1.29, 1.82) is 0 Å². The van der Waals surface area contributed by atoms with Crippen LogP contribution >= 0.6 is 12.2 Å². The monoisotopic (exact) mass is 425 g/mol. The van der Waals surface area contributed by atoms with E-state index in [1.807, 2.05) is 38.1 Å². The Morgan fingerprint density at radius 1 is 1.20 bits per heavy atom. The van der Waals surface area contributed by atoms with E-state index < -0.39 is 0 Å². The molecule has 0 unspecified atom stereocenters. The van der Waals surface area contributed by atoms with Gasteiger partial charge in [0.15, 0.2) is 16.6 Å². The van der Waals surface area contributed by atoms with Gasteiger partial charge in [-0.15, -0.1) is 0 Å². The van der Waals surface area contributed by atoms with E-state index in [-0.39, 0.29) is 25.5 Å². The molecule has 0 fully saturated rings. The molecule has 3 aromatic rings. The first kappa shape index (κ1) is 20.2. The predicted molar refractivity (Wildman–Crippen MR) is 120 cm³/mol. The molecule has 0 saturated carbocycles. The maximum absolute atomic E-state index is 12.7. The van der Waals surface area contributed by atoms with E-state index in [0.29, 0.717) is 34.2 Å². The number of fused-ring (bicyclic) bond motifs is 2. The topological polar surface area (TPSA) is 86.8 Å². The van der Waals surface area contributed by atoms with Crippen LogP contribution in [-0.4, -0.2) is 40.0 Å². The number of benzene rings is 2. The summed E-state index contributed by atoms with van der Waals surface area (Å²) in [4.78, 5) is 17.3. The number of aromatic nitrogens is 1. The molecule has 0 aliphatic carbocycles. The fourth-order valence-corrected chi connectivity index (χ4v) is 3.75. The molecule has 1 aromatic heterocycles. The molecule has 1 aliphatic rings. The quantitative estimate of drug-likeness (QED) is 0.542. The lowest BCUT2D eigenvalue weighted by atomic mass is 10.1. The van der Waals surface area contributed by atoms with Crippen molar-refractivity contribution in [2.75, 3.05) is 25.3 Å². The number of aliphatic hydroxyl groups is 1. The van der Waals surface area contributed by atoms with Crippen molar-refractivity contribution in [3.8, 4) is 11.5 Å². The zero-order chi connectivity index (χ0) is 21.3. The normalized spacial score (nSPS) is 12.2. The number of thiocarbonyl (C=S) groups is 1. The highest BCUT2D eigenvalue weighted by molar-refractivity contribution is 7.80. The molecule has 2 heterocycles. The SMILES string of the molecule is Cc1ccc(NC(=S)N(CCO)Cc2cc3cc4c(cc3[nH]c2=O)OCO4)c(C)c1. The summed E-state index contributed by atoms with van der Waals surface area (Å²) < 4.78 is 10.8. The minimum Gasteiger partial charge on any atom is -0.454 e. The molecule has 8 heteroatoms. The number of pyridine rings is 1. The molecular weight excluding hydrogens is 402 g/mol. The van der Waals surface area contributed by atoms with Gasteiger partial charge in [-0.05, 0) is 49.8 Å². The van der Waals surface area contributed by atoms with E-state index in [1.165, 1.54) is 5.56 Å². The maximum Gasteiger partial charge on any atom is 0.253 e. The smallest absolute Gasteiger partial charge is 0.253 e. The first-order valence-corrected chi connectivity index (χ1v) is 10.0. The first-order valence-electron chi connectivity index (χ1n) is 9.64. The van der Waals surface area contributed by atoms with E-state index in [0.717, 1.165) is 16.6 Å². The maximum atomic E-state index is 12.7. The zero-order valence-corrected chi connectivity index (χ0v) is 17.6. The molecule has 0 bridgehead atoms. The Labute approximate surface area is 179 Å². The van der Waals surface area contributed by atoms with Crippen molar-refractivity contribution in [3.63, 3.8) is 0 Å². The van der Waals surface area contributed by atoms with E-state index in [9.17, 15) is 9.90 Å². The summed E-state index contributed by atoms with van der Waals surface area (Å²) in [5.74, 6) is 1.27. The molecule has 30 heavy (non-hydrogen) atoms. The van der Waals surface area contributed by atoms with Crippen molar-refractivity contribution < 1.29 is 14.6 Å². The number of ether oxygens (including phenoxy) is 2. The van der Waals surface area contributed by atoms with Gasteiger partial charge in [-0.1, -0.05) is 17.7 Å². The molecule has 0 amide bonds. The molecule has 156 valence electrons. The molecule has 0 radical (unpaired) electrons. The van der Waals surface area contributed by atoms with Crippen LogP contribution in [-0.2, 0) is 6.54 Å². The summed E-state index contributed by atoms with van der Waals surface area (Å²) in [5.41, 5.74) is 4.14. The van der Waals surface area contributed by atoms with Crippen molar-refractivity contribution in [3.05, 3.63) is 63.4 Å². The molecule has 7 nitrogen and oxygen atoms in total. The Hall–Kier alpha value is -3.10. The molecule has 1 aliphatic heterocycles. The van der Waals surface area contributed by atoms with Crippen molar-refractivity contribution in [1.82, 2.24) is 9.88 Å². The van der Waals surface area contributed by atoms with Crippen molar-refractivity contribution in [2.45, 2.75) is 20.4 Å². The highest BCUT2D eigenvalue weighted by Gasteiger charge is 2.17. The lowest BCUT2D eigenvalue weighted by Gasteiger charge is -2.25. The minimum atomic E-state index is -0.210. The Balaban J connectivity index is 1.59. The first-order chi connectivity index (χ1) is 14.4. The van der Waals surface area contributed by atoms with Gasteiger partial charge in [0.1, 0.15) is 0 Å². The summed E-state index contributed by atoms with van der Waals surface area (Å²) >= 11 is 5.57. The Bertz CT molecular complexity index is 1170. The van der Waals surface area contributed by atoms with Crippen LogP contribution < -0.4 is 20.3 Å². The average molecular weight is 426 g/mol. The van der Waals surface area contributed by atoms with E-state index in [2.05, 4.69) is 16.4 Å². The number of hydrogen-bond acceptors (Lipinski definition) is 5. The summed E-state index contributed by atoms with van der Waals surface area (Å²) in [6.45, 7) is 4.69. The number of H-pyrrole nitrogens is 1. The number of aliphatic hydroxyl groups excluding tert-OH is 1. The number of aryl methyl sites for hydroxylation is 2. The van der Waals surface area contributed by atoms with Crippen LogP contribution in [0.5, 0.6) is 11.5 Å². The minimum absolute atomic E-state index is 0.0845. The molecule has 0 atom stereocenters. The van der Waals surface area contributed by atoms with Gasteiger partial charge >= 0.3 is 0 Å². The third-order valence-corrected chi connectivity index (χ3v) is 5.42.